The Morgan fingerprint density at radius 2 is 2.00 bits per heavy atom. The van der Waals surface area contributed by atoms with Crippen molar-refractivity contribution in [3.05, 3.63) is 35.9 Å². The molecule has 0 aromatic heterocycles. The van der Waals surface area contributed by atoms with Gasteiger partial charge in [-0.2, -0.15) is 0 Å². The van der Waals surface area contributed by atoms with Crippen LogP contribution in [0.3, 0.4) is 0 Å². The number of hydrogen-bond donors (Lipinski definition) is 1. The molecular formula is C17H25NO2. The standard InChI is InChI=1S/C17H25NO2/c1-13(11-18-14(2)10-15-8-9-15)17(19)20-12-16-6-4-3-5-7-16/h3-7,13-15,18H,8-12H2,1-2H3. The van der Waals surface area contributed by atoms with Crippen LogP contribution in [0.15, 0.2) is 30.3 Å². The molecule has 0 amide bonds. The largest absolute Gasteiger partial charge is 0.461 e. The van der Waals surface area contributed by atoms with Gasteiger partial charge in [-0.25, -0.2) is 0 Å². The highest BCUT2D eigenvalue weighted by Gasteiger charge is 2.24. The predicted molar refractivity (Wildman–Crippen MR) is 80.2 cm³/mol. The molecule has 0 spiro atoms. The lowest BCUT2D eigenvalue weighted by Gasteiger charge is -2.17. The van der Waals surface area contributed by atoms with Gasteiger partial charge >= 0.3 is 5.97 Å². The second-order valence-electron chi connectivity index (χ2n) is 5.98. The molecule has 110 valence electrons. The summed E-state index contributed by atoms with van der Waals surface area (Å²) in [5.74, 6) is 0.693. The number of carbonyl (C=O) groups excluding carboxylic acids is 1. The highest BCUT2D eigenvalue weighted by atomic mass is 16.5. The zero-order chi connectivity index (χ0) is 14.4. The molecule has 2 atom stereocenters. The monoisotopic (exact) mass is 275 g/mol. The summed E-state index contributed by atoms with van der Waals surface area (Å²) < 4.78 is 5.34. The van der Waals surface area contributed by atoms with Gasteiger partial charge in [0.1, 0.15) is 6.61 Å². The second-order valence-corrected chi connectivity index (χ2v) is 5.98. The highest BCUT2D eigenvalue weighted by molar-refractivity contribution is 5.72. The van der Waals surface area contributed by atoms with Crippen LogP contribution < -0.4 is 5.32 Å². The normalized spacial score (nSPS) is 17.5. The van der Waals surface area contributed by atoms with Crippen LogP contribution in [0.2, 0.25) is 0 Å². The third-order valence-electron chi connectivity index (χ3n) is 3.78. The van der Waals surface area contributed by atoms with Crippen molar-refractivity contribution in [2.75, 3.05) is 6.54 Å². The number of carbonyl (C=O) groups is 1. The van der Waals surface area contributed by atoms with Crippen molar-refractivity contribution in [1.29, 1.82) is 0 Å². The van der Waals surface area contributed by atoms with Gasteiger partial charge in [0.25, 0.3) is 0 Å². The zero-order valence-corrected chi connectivity index (χ0v) is 12.5. The van der Waals surface area contributed by atoms with E-state index in [0.717, 1.165) is 11.5 Å². The lowest BCUT2D eigenvalue weighted by Crippen LogP contribution is -2.34. The second kappa shape index (κ2) is 7.44. The van der Waals surface area contributed by atoms with Crippen molar-refractivity contribution in [2.45, 2.75) is 45.8 Å². The minimum Gasteiger partial charge on any atom is -0.461 e. The van der Waals surface area contributed by atoms with Gasteiger partial charge < -0.3 is 10.1 Å². The van der Waals surface area contributed by atoms with E-state index in [1.165, 1.54) is 19.3 Å². The van der Waals surface area contributed by atoms with E-state index in [0.29, 0.717) is 19.2 Å². The minimum absolute atomic E-state index is 0.0969. The van der Waals surface area contributed by atoms with Gasteiger partial charge in [0, 0.05) is 12.6 Å². The first-order valence-electron chi connectivity index (χ1n) is 7.59. The Morgan fingerprint density at radius 1 is 1.30 bits per heavy atom. The summed E-state index contributed by atoms with van der Waals surface area (Å²) in [5, 5.41) is 3.43. The van der Waals surface area contributed by atoms with Crippen molar-refractivity contribution in [2.24, 2.45) is 11.8 Å². The van der Waals surface area contributed by atoms with Crippen molar-refractivity contribution in [1.82, 2.24) is 5.32 Å². The molecule has 3 nitrogen and oxygen atoms in total. The summed E-state index contributed by atoms with van der Waals surface area (Å²) in [6, 6.07) is 10.3. The first kappa shape index (κ1) is 15.0. The van der Waals surface area contributed by atoms with Crippen LogP contribution in [-0.4, -0.2) is 18.6 Å². The predicted octanol–water partition coefficient (Wildman–Crippen LogP) is 3.14. The van der Waals surface area contributed by atoms with E-state index in [2.05, 4.69) is 12.2 Å². The first-order chi connectivity index (χ1) is 9.65. The van der Waals surface area contributed by atoms with Crippen molar-refractivity contribution >= 4 is 5.97 Å². The van der Waals surface area contributed by atoms with Gasteiger partial charge in [-0.1, -0.05) is 50.1 Å². The van der Waals surface area contributed by atoms with Crippen LogP contribution in [-0.2, 0) is 16.1 Å². The molecule has 3 heteroatoms. The lowest BCUT2D eigenvalue weighted by molar-refractivity contribution is -0.149. The molecule has 20 heavy (non-hydrogen) atoms. The molecule has 1 fully saturated rings. The molecule has 1 aromatic carbocycles. The average Bonchev–Trinajstić information content (AvgIpc) is 3.27. The van der Waals surface area contributed by atoms with Gasteiger partial charge in [0.2, 0.25) is 0 Å². The Hall–Kier alpha value is -1.35. The van der Waals surface area contributed by atoms with Crippen LogP contribution in [0, 0.1) is 11.8 Å². The molecule has 1 N–H and O–H groups in total. The lowest BCUT2D eigenvalue weighted by atomic mass is 10.1. The van der Waals surface area contributed by atoms with Crippen molar-refractivity contribution < 1.29 is 9.53 Å². The molecule has 0 radical (unpaired) electrons. The smallest absolute Gasteiger partial charge is 0.310 e. The number of hydrogen-bond acceptors (Lipinski definition) is 3. The number of rotatable bonds is 8. The van der Waals surface area contributed by atoms with E-state index in [1.54, 1.807) is 0 Å². The summed E-state index contributed by atoms with van der Waals surface area (Å²) in [7, 11) is 0. The molecule has 0 aliphatic heterocycles. The van der Waals surface area contributed by atoms with E-state index in [-0.39, 0.29) is 11.9 Å². The Morgan fingerprint density at radius 3 is 2.65 bits per heavy atom. The Balaban J connectivity index is 1.63. The quantitative estimate of drug-likeness (QED) is 0.741. The molecule has 0 bridgehead atoms. The van der Waals surface area contributed by atoms with Crippen LogP contribution in [0.4, 0.5) is 0 Å². The molecule has 1 aromatic rings. The Kier molecular flexibility index (Phi) is 5.60. The van der Waals surface area contributed by atoms with E-state index >= 15 is 0 Å². The summed E-state index contributed by atoms with van der Waals surface area (Å²) in [5.41, 5.74) is 1.03. The maximum absolute atomic E-state index is 11.9. The average molecular weight is 275 g/mol. The number of ether oxygens (including phenoxy) is 1. The minimum atomic E-state index is -0.125. The highest BCUT2D eigenvalue weighted by Crippen LogP contribution is 2.33. The number of nitrogens with one attached hydrogen (secondary N) is 1. The van der Waals surface area contributed by atoms with Crippen molar-refractivity contribution in [3.63, 3.8) is 0 Å². The van der Waals surface area contributed by atoms with E-state index in [9.17, 15) is 4.79 Å². The molecule has 1 aliphatic carbocycles. The molecule has 2 unspecified atom stereocenters. The fourth-order valence-electron chi connectivity index (χ4n) is 2.27. The maximum atomic E-state index is 11.9. The van der Waals surface area contributed by atoms with E-state index in [4.69, 9.17) is 4.74 Å². The van der Waals surface area contributed by atoms with Crippen molar-refractivity contribution in [3.8, 4) is 0 Å². The third kappa shape index (κ3) is 5.33. The molecular weight excluding hydrogens is 250 g/mol. The van der Waals surface area contributed by atoms with E-state index < -0.39 is 0 Å². The van der Waals surface area contributed by atoms with Gasteiger partial charge in [-0.3, -0.25) is 4.79 Å². The fraction of sp³-hybridized carbons (Fsp3) is 0.588. The fourth-order valence-corrected chi connectivity index (χ4v) is 2.27. The number of benzene rings is 1. The summed E-state index contributed by atoms with van der Waals surface area (Å²) in [4.78, 5) is 11.9. The molecule has 2 rings (SSSR count). The number of esters is 1. The topological polar surface area (TPSA) is 38.3 Å². The maximum Gasteiger partial charge on any atom is 0.310 e. The summed E-state index contributed by atoms with van der Waals surface area (Å²) in [6.45, 7) is 5.17. The van der Waals surface area contributed by atoms with E-state index in [1.807, 2.05) is 37.3 Å². The third-order valence-corrected chi connectivity index (χ3v) is 3.78. The zero-order valence-electron chi connectivity index (χ0n) is 12.5. The Labute approximate surface area is 121 Å². The first-order valence-corrected chi connectivity index (χ1v) is 7.59. The van der Waals surface area contributed by atoms with Crippen LogP contribution in [0.25, 0.3) is 0 Å². The van der Waals surface area contributed by atoms with Crippen LogP contribution in [0.5, 0.6) is 0 Å². The van der Waals surface area contributed by atoms with Gasteiger partial charge in [0.15, 0.2) is 0 Å². The van der Waals surface area contributed by atoms with Gasteiger partial charge in [-0.15, -0.1) is 0 Å². The summed E-state index contributed by atoms with van der Waals surface area (Å²) >= 11 is 0. The summed E-state index contributed by atoms with van der Waals surface area (Å²) in [6.07, 6.45) is 3.98. The molecule has 1 aliphatic rings. The van der Waals surface area contributed by atoms with Crippen LogP contribution >= 0.6 is 0 Å². The van der Waals surface area contributed by atoms with Crippen LogP contribution in [0.1, 0.15) is 38.7 Å². The van der Waals surface area contributed by atoms with Gasteiger partial charge in [-0.05, 0) is 24.8 Å². The Bertz CT molecular complexity index is 414. The van der Waals surface area contributed by atoms with Gasteiger partial charge in [0.05, 0.1) is 5.92 Å². The molecule has 1 saturated carbocycles. The SMILES string of the molecule is CC(CC1CC1)NCC(C)C(=O)OCc1ccccc1. The molecule has 0 saturated heterocycles. The molecule has 0 heterocycles.